The van der Waals surface area contributed by atoms with E-state index in [9.17, 15) is 9.59 Å². The Morgan fingerprint density at radius 3 is 2.88 bits per heavy atom. The molecule has 0 fully saturated rings. The van der Waals surface area contributed by atoms with Gasteiger partial charge in [0.2, 0.25) is 0 Å². The van der Waals surface area contributed by atoms with Crippen molar-refractivity contribution in [2.45, 2.75) is 6.92 Å². The number of hydrogen-bond donors (Lipinski definition) is 0. The molecule has 0 aliphatic rings. The van der Waals surface area contributed by atoms with Crippen LogP contribution in [0.4, 0.5) is 0 Å². The highest BCUT2D eigenvalue weighted by Gasteiger charge is 2.24. The van der Waals surface area contributed by atoms with Crippen LogP contribution in [0, 0.1) is 0 Å². The fourth-order valence-corrected chi connectivity index (χ4v) is 2.96. The molecule has 1 aromatic carbocycles. The summed E-state index contributed by atoms with van der Waals surface area (Å²) in [6.07, 6.45) is 1.54. The van der Waals surface area contributed by atoms with Crippen LogP contribution in [-0.4, -0.2) is 37.0 Å². The third-order valence-electron chi connectivity index (χ3n) is 3.83. The first-order valence-electron chi connectivity index (χ1n) is 7.80. The summed E-state index contributed by atoms with van der Waals surface area (Å²) in [7, 11) is 0. The number of rotatable bonds is 3. The molecule has 0 amide bonds. The zero-order valence-electron chi connectivity index (χ0n) is 13.6. The third-order valence-corrected chi connectivity index (χ3v) is 4.07. The van der Waals surface area contributed by atoms with Gasteiger partial charge in [0.05, 0.1) is 17.8 Å². The van der Waals surface area contributed by atoms with Crippen LogP contribution in [0.25, 0.3) is 22.4 Å². The second kappa shape index (κ2) is 6.23. The first-order valence-corrected chi connectivity index (χ1v) is 8.18. The SMILES string of the molecule is CCOC(=O)c1c2ncccc2n2c(=O)n(-c3cccc(Cl)c3)nnc12. The van der Waals surface area contributed by atoms with Crippen LogP contribution in [0.2, 0.25) is 5.02 Å². The Morgan fingerprint density at radius 2 is 2.12 bits per heavy atom. The largest absolute Gasteiger partial charge is 0.462 e. The van der Waals surface area contributed by atoms with E-state index >= 15 is 0 Å². The lowest BCUT2D eigenvalue weighted by Crippen LogP contribution is -2.29. The van der Waals surface area contributed by atoms with E-state index in [0.29, 0.717) is 21.7 Å². The Balaban J connectivity index is 2.09. The van der Waals surface area contributed by atoms with E-state index in [4.69, 9.17) is 16.3 Å². The van der Waals surface area contributed by atoms with E-state index in [2.05, 4.69) is 15.3 Å². The number of ether oxygens (including phenoxy) is 1. The van der Waals surface area contributed by atoms with Crippen molar-refractivity contribution in [1.29, 1.82) is 0 Å². The topological polar surface area (TPSA) is 91.4 Å². The maximum absolute atomic E-state index is 13.0. The van der Waals surface area contributed by atoms with Gasteiger partial charge in [0, 0.05) is 11.2 Å². The summed E-state index contributed by atoms with van der Waals surface area (Å²) in [5.41, 5.74) is 0.958. The van der Waals surface area contributed by atoms with E-state index < -0.39 is 11.7 Å². The normalized spacial score (nSPS) is 11.2. The molecule has 3 aromatic heterocycles. The standard InChI is InChI=1S/C17H12ClN5O3/c1-2-26-16(24)13-14-12(7-4-8-19-14)22-15(13)20-21-23(17(22)25)11-6-3-5-10(18)9-11/h3-9H,2H2,1H3. The van der Waals surface area contributed by atoms with E-state index in [-0.39, 0.29) is 17.8 Å². The molecule has 8 nitrogen and oxygen atoms in total. The molecule has 0 saturated heterocycles. The highest BCUT2D eigenvalue weighted by atomic mass is 35.5. The van der Waals surface area contributed by atoms with Gasteiger partial charge in [0.15, 0.2) is 5.65 Å². The van der Waals surface area contributed by atoms with Gasteiger partial charge >= 0.3 is 11.7 Å². The van der Waals surface area contributed by atoms with E-state index in [0.717, 1.165) is 4.68 Å². The van der Waals surface area contributed by atoms with Gasteiger partial charge in [-0.05, 0) is 37.3 Å². The molecule has 130 valence electrons. The maximum Gasteiger partial charge on any atom is 0.357 e. The van der Waals surface area contributed by atoms with Gasteiger partial charge in [-0.1, -0.05) is 22.9 Å². The molecule has 9 heteroatoms. The molecule has 0 saturated carbocycles. The fourth-order valence-electron chi connectivity index (χ4n) is 2.77. The van der Waals surface area contributed by atoms with Gasteiger partial charge in [-0.3, -0.25) is 4.98 Å². The minimum absolute atomic E-state index is 0.0976. The molecule has 3 heterocycles. The van der Waals surface area contributed by atoms with Crippen LogP contribution in [0.1, 0.15) is 17.3 Å². The van der Waals surface area contributed by atoms with Gasteiger partial charge in [0.25, 0.3) is 0 Å². The number of hydrogen-bond acceptors (Lipinski definition) is 6. The summed E-state index contributed by atoms with van der Waals surface area (Å²) in [6, 6.07) is 10.0. The van der Waals surface area contributed by atoms with Crippen molar-refractivity contribution in [3.05, 3.63) is 63.7 Å². The summed E-state index contributed by atoms with van der Waals surface area (Å²) < 4.78 is 7.49. The van der Waals surface area contributed by atoms with Gasteiger partial charge in [-0.25, -0.2) is 14.0 Å². The van der Waals surface area contributed by atoms with Crippen LogP contribution >= 0.6 is 11.6 Å². The number of fused-ring (bicyclic) bond motifs is 3. The highest BCUT2D eigenvalue weighted by Crippen LogP contribution is 2.23. The molecule has 0 N–H and O–H groups in total. The Bertz CT molecular complexity index is 1210. The smallest absolute Gasteiger partial charge is 0.357 e. The zero-order chi connectivity index (χ0) is 18.3. The van der Waals surface area contributed by atoms with Crippen molar-refractivity contribution in [3.8, 4) is 5.69 Å². The summed E-state index contributed by atoms with van der Waals surface area (Å²) >= 11 is 6.00. The first kappa shape index (κ1) is 16.2. The van der Waals surface area contributed by atoms with Gasteiger partial charge in [0.1, 0.15) is 11.1 Å². The number of carbonyl (C=O) groups excluding carboxylic acids is 1. The fraction of sp³-hybridized carbons (Fsp3) is 0.118. The van der Waals surface area contributed by atoms with E-state index in [1.807, 2.05) is 0 Å². The predicted octanol–water partition coefficient (Wildman–Crippen LogP) is 2.26. The lowest BCUT2D eigenvalue weighted by molar-refractivity contribution is 0.0530. The lowest BCUT2D eigenvalue weighted by atomic mass is 10.2. The van der Waals surface area contributed by atoms with Crippen molar-refractivity contribution in [1.82, 2.24) is 24.4 Å². The lowest BCUT2D eigenvalue weighted by Gasteiger charge is -2.05. The van der Waals surface area contributed by atoms with Crippen molar-refractivity contribution < 1.29 is 9.53 Å². The van der Waals surface area contributed by atoms with Crippen LogP contribution < -0.4 is 5.69 Å². The summed E-state index contributed by atoms with van der Waals surface area (Å²) in [6.45, 7) is 1.89. The minimum atomic E-state index is -0.604. The number of carbonyl (C=O) groups is 1. The Labute approximate surface area is 151 Å². The molecule has 4 rings (SSSR count). The molecule has 0 bridgehead atoms. The average molecular weight is 370 g/mol. The van der Waals surface area contributed by atoms with Crippen LogP contribution in [0.15, 0.2) is 47.4 Å². The predicted molar refractivity (Wildman–Crippen MR) is 94.9 cm³/mol. The Hall–Kier alpha value is -3.26. The first-order chi connectivity index (χ1) is 12.6. The zero-order valence-corrected chi connectivity index (χ0v) is 14.3. The van der Waals surface area contributed by atoms with Crippen molar-refractivity contribution in [3.63, 3.8) is 0 Å². The van der Waals surface area contributed by atoms with Crippen molar-refractivity contribution in [2.24, 2.45) is 0 Å². The second-order valence-corrected chi connectivity index (χ2v) is 5.83. The Morgan fingerprint density at radius 1 is 1.27 bits per heavy atom. The number of pyridine rings is 1. The third kappa shape index (κ3) is 2.42. The molecule has 26 heavy (non-hydrogen) atoms. The number of nitrogens with zero attached hydrogens (tertiary/aromatic N) is 5. The minimum Gasteiger partial charge on any atom is -0.462 e. The molecule has 0 aliphatic heterocycles. The van der Waals surface area contributed by atoms with Crippen LogP contribution in [-0.2, 0) is 4.74 Å². The monoisotopic (exact) mass is 369 g/mol. The van der Waals surface area contributed by atoms with Crippen LogP contribution in [0.5, 0.6) is 0 Å². The number of benzene rings is 1. The molecule has 0 aliphatic carbocycles. The summed E-state index contributed by atoms with van der Waals surface area (Å²) in [5, 5.41) is 8.50. The maximum atomic E-state index is 13.0. The average Bonchev–Trinajstić information content (AvgIpc) is 2.97. The molecular formula is C17H12ClN5O3. The van der Waals surface area contributed by atoms with E-state index in [1.54, 1.807) is 43.3 Å². The van der Waals surface area contributed by atoms with Crippen molar-refractivity contribution >= 4 is 34.3 Å². The highest BCUT2D eigenvalue weighted by molar-refractivity contribution is 6.30. The quantitative estimate of drug-likeness (QED) is 0.514. The number of halogens is 1. The molecule has 0 spiro atoms. The molecule has 0 atom stereocenters. The van der Waals surface area contributed by atoms with Crippen LogP contribution in [0.3, 0.4) is 0 Å². The summed E-state index contributed by atoms with van der Waals surface area (Å²) in [4.78, 5) is 29.6. The molecule has 0 unspecified atom stereocenters. The second-order valence-electron chi connectivity index (χ2n) is 5.39. The van der Waals surface area contributed by atoms with Crippen molar-refractivity contribution in [2.75, 3.05) is 6.61 Å². The molecule has 4 aromatic rings. The van der Waals surface area contributed by atoms with E-state index in [1.165, 1.54) is 10.6 Å². The number of esters is 1. The van der Waals surface area contributed by atoms with Gasteiger partial charge in [-0.2, -0.15) is 4.68 Å². The number of aromatic nitrogens is 5. The molecule has 0 radical (unpaired) electrons. The van der Waals surface area contributed by atoms with Gasteiger partial charge < -0.3 is 4.74 Å². The summed E-state index contributed by atoms with van der Waals surface area (Å²) in [5.74, 6) is -0.604. The molecular weight excluding hydrogens is 358 g/mol. The van der Waals surface area contributed by atoms with Gasteiger partial charge in [-0.15, -0.1) is 5.10 Å². The Kier molecular flexibility index (Phi) is 3.89.